The average Bonchev–Trinajstić information content (AvgIpc) is 3.56. The molecule has 0 aromatic heterocycles. The maximum atomic E-state index is 13.6. The highest BCUT2D eigenvalue weighted by Crippen LogP contribution is 2.33. The van der Waals surface area contributed by atoms with Crippen LogP contribution in [0.5, 0.6) is 0 Å². The molecule has 1 aromatic carbocycles. The Bertz CT molecular complexity index is 972. The standard InChI is InChI=1S/C26H37N5O4/c1-15(2)13-19(29-24(33)17-7-9-18(27)10-8-17)25(34)30-12-11-20-23(30)21(32)14-31(20)26(35)22(28)16-5-3-4-6-16/h7-10,15-16,19-20,22-23H,3-6,11-14,27-28H2,1-2H3,(H,29,33). The first-order valence-corrected chi connectivity index (χ1v) is 12.7. The summed E-state index contributed by atoms with van der Waals surface area (Å²) in [4.78, 5) is 55.8. The van der Waals surface area contributed by atoms with Crippen molar-refractivity contribution in [3.8, 4) is 0 Å². The van der Waals surface area contributed by atoms with Gasteiger partial charge in [-0.05, 0) is 61.8 Å². The lowest BCUT2D eigenvalue weighted by atomic mass is 9.97. The van der Waals surface area contributed by atoms with Crippen LogP contribution in [0, 0.1) is 11.8 Å². The van der Waals surface area contributed by atoms with E-state index in [2.05, 4.69) is 5.32 Å². The molecule has 4 rings (SSSR count). The summed E-state index contributed by atoms with van der Waals surface area (Å²) in [5, 5.41) is 2.86. The number of rotatable bonds is 7. The van der Waals surface area contributed by atoms with E-state index in [4.69, 9.17) is 11.5 Å². The zero-order valence-electron chi connectivity index (χ0n) is 20.6. The lowest BCUT2D eigenvalue weighted by Crippen LogP contribution is -2.53. The first kappa shape index (κ1) is 25.2. The summed E-state index contributed by atoms with van der Waals surface area (Å²) in [6.07, 6.45) is 5.02. The smallest absolute Gasteiger partial charge is 0.251 e. The van der Waals surface area contributed by atoms with Crippen LogP contribution in [0.15, 0.2) is 24.3 Å². The van der Waals surface area contributed by atoms with E-state index in [-0.39, 0.29) is 47.9 Å². The minimum absolute atomic E-state index is 0.00892. The third-order valence-corrected chi connectivity index (χ3v) is 7.66. The largest absolute Gasteiger partial charge is 0.399 e. The maximum absolute atomic E-state index is 13.6. The highest BCUT2D eigenvalue weighted by molar-refractivity contribution is 6.01. The van der Waals surface area contributed by atoms with Crippen LogP contribution in [0.2, 0.25) is 0 Å². The van der Waals surface area contributed by atoms with Gasteiger partial charge in [0.05, 0.1) is 18.6 Å². The van der Waals surface area contributed by atoms with E-state index in [0.29, 0.717) is 30.6 Å². The minimum Gasteiger partial charge on any atom is -0.399 e. The molecule has 4 unspecified atom stereocenters. The summed E-state index contributed by atoms with van der Waals surface area (Å²) < 4.78 is 0. The number of fused-ring (bicyclic) bond motifs is 1. The van der Waals surface area contributed by atoms with E-state index in [0.717, 1.165) is 25.7 Å². The minimum atomic E-state index is -0.767. The van der Waals surface area contributed by atoms with Gasteiger partial charge < -0.3 is 26.6 Å². The number of nitrogen functional groups attached to an aromatic ring is 1. The maximum Gasteiger partial charge on any atom is 0.251 e. The fourth-order valence-corrected chi connectivity index (χ4v) is 5.84. The Balaban J connectivity index is 1.47. The van der Waals surface area contributed by atoms with Crippen LogP contribution in [0.1, 0.15) is 62.7 Å². The van der Waals surface area contributed by atoms with Crippen molar-refractivity contribution in [3.05, 3.63) is 29.8 Å². The first-order valence-electron chi connectivity index (χ1n) is 12.7. The molecule has 3 fully saturated rings. The molecule has 1 aliphatic carbocycles. The second-order valence-electron chi connectivity index (χ2n) is 10.6. The molecule has 0 spiro atoms. The lowest BCUT2D eigenvalue weighted by molar-refractivity contribution is -0.138. The fourth-order valence-electron chi connectivity index (χ4n) is 5.84. The van der Waals surface area contributed by atoms with E-state index in [1.165, 1.54) is 0 Å². The zero-order chi connectivity index (χ0) is 25.3. The molecule has 1 saturated carbocycles. The molecule has 2 heterocycles. The second-order valence-corrected chi connectivity index (χ2v) is 10.6. The Hall–Kier alpha value is -2.94. The van der Waals surface area contributed by atoms with Gasteiger partial charge in [-0.25, -0.2) is 0 Å². The number of likely N-dealkylation sites (tertiary alicyclic amines) is 2. The summed E-state index contributed by atoms with van der Waals surface area (Å²) in [7, 11) is 0. The molecule has 9 nitrogen and oxygen atoms in total. The molecule has 0 bridgehead atoms. The van der Waals surface area contributed by atoms with Crippen LogP contribution in [-0.2, 0) is 14.4 Å². The number of nitrogens with one attached hydrogen (secondary N) is 1. The van der Waals surface area contributed by atoms with Crippen LogP contribution in [0.4, 0.5) is 5.69 Å². The number of carbonyl (C=O) groups is 4. The molecule has 9 heteroatoms. The SMILES string of the molecule is CC(C)CC(NC(=O)c1ccc(N)cc1)C(=O)N1CCC2C1C(=O)CN2C(=O)C(N)C1CCCC1. The summed E-state index contributed by atoms with van der Waals surface area (Å²) in [5.74, 6) is -0.649. The molecule has 35 heavy (non-hydrogen) atoms. The summed E-state index contributed by atoms with van der Waals surface area (Å²) in [5.41, 5.74) is 13.0. The molecule has 2 aliphatic heterocycles. The summed E-state index contributed by atoms with van der Waals surface area (Å²) >= 11 is 0. The van der Waals surface area contributed by atoms with Crippen molar-refractivity contribution >= 4 is 29.2 Å². The number of carbonyl (C=O) groups excluding carboxylic acids is 4. The Morgan fingerprint density at radius 1 is 1.03 bits per heavy atom. The molecule has 1 aromatic rings. The number of amides is 3. The van der Waals surface area contributed by atoms with Gasteiger partial charge in [0.2, 0.25) is 11.8 Å². The Labute approximate surface area is 206 Å². The van der Waals surface area contributed by atoms with Gasteiger partial charge in [0.1, 0.15) is 12.1 Å². The van der Waals surface area contributed by atoms with Crippen LogP contribution >= 0.6 is 0 Å². The van der Waals surface area contributed by atoms with Crippen LogP contribution in [-0.4, -0.2) is 70.6 Å². The van der Waals surface area contributed by atoms with Gasteiger partial charge in [-0.2, -0.15) is 0 Å². The molecule has 3 amide bonds. The van der Waals surface area contributed by atoms with Gasteiger partial charge in [-0.1, -0.05) is 26.7 Å². The molecule has 0 radical (unpaired) electrons. The molecule has 190 valence electrons. The zero-order valence-corrected chi connectivity index (χ0v) is 20.6. The number of nitrogens with two attached hydrogens (primary N) is 2. The highest BCUT2D eigenvalue weighted by Gasteiger charge is 2.53. The summed E-state index contributed by atoms with van der Waals surface area (Å²) in [6, 6.07) is 4.12. The van der Waals surface area contributed by atoms with Crippen LogP contribution < -0.4 is 16.8 Å². The van der Waals surface area contributed by atoms with E-state index in [9.17, 15) is 19.2 Å². The number of nitrogens with zero attached hydrogens (tertiary/aromatic N) is 2. The predicted molar refractivity (Wildman–Crippen MR) is 132 cm³/mol. The third kappa shape index (κ3) is 5.19. The molecule has 5 N–H and O–H groups in total. The average molecular weight is 484 g/mol. The molecular formula is C26H37N5O4. The topological polar surface area (TPSA) is 139 Å². The van der Waals surface area contributed by atoms with Gasteiger partial charge in [-0.15, -0.1) is 0 Å². The quantitative estimate of drug-likeness (QED) is 0.500. The predicted octanol–water partition coefficient (Wildman–Crippen LogP) is 1.31. The van der Waals surface area contributed by atoms with Gasteiger partial charge in [0, 0.05) is 17.8 Å². The second kappa shape index (κ2) is 10.4. The highest BCUT2D eigenvalue weighted by atomic mass is 16.2. The van der Waals surface area contributed by atoms with Crippen LogP contribution in [0.3, 0.4) is 0 Å². The van der Waals surface area contributed by atoms with E-state index in [1.807, 2.05) is 13.8 Å². The fraction of sp³-hybridized carbons (Fsp3) is 0.615. The van der Waals surface area contributed by atoms with E-state index >= 15 is 0 Å². The Morgan fingerprint density at radius 3 is 2.31 bits per heavy atom. The normalized spacial score (nSPS) is 24.1. The Morgan fingerprint density at radius 2 is 1.69 bits per heavy atom. The van der Waals surface area contributed by atoms with Crippen molar-refractivity contribution in [1.82, 2.24) is 15.1 Å². The number of anilines is 1. The lowest BCUT2D eigenvalue weighted by Gasteiger charge is -2.30. The number of hydrogen-bond acceptors (Lipinski definition) is 6. The van der Waals surface area contributed by atoms with Gasteiger partial charge in [0.25, 0.3) is 5.91 Å². The van der Waals surface area contributed by atoms with E-state index in [1.54, 1.807) is 34.1 Å². The van der Waals surface area contributed by atoms with Gasteiger partial charge in [-0.3, -0.25) is 19.2 Å². The Kier molecular flexibility index (Phi) is 7.44. The molecular weight excluding hydrogens is 446 g/mol. The number of ketones is 1. The summed E-state index contributed by atoms with van der Waals surface area (Å²) in [6.45, 7) is 4.32. The number of Topliss-reactive ketones (excluding diaryl/α,β-unsaturated/α-hetero) is 1. The van der Waals surface area contributed by atoms with Gasteiger partial charge in [0.15, 0.2) is 5.78 Å². The third-order valence-electron chi connectivity index (χ3n) is 7.66. The first-order chi connectivity index (χ1) is 16.7. The van der Waals surface area contributed by atoms with Crippen LogP contribution in [0.25, 0.3) is 0 Å². The van der Waals surface area contributed by atoms with Crippen molar-refractivity contribution in [2.24, 2.45) is 17.6 Å². The monoisotopic (exact) mass is 483 g/mol. The number of hydrogen-bond donors (Lipinski definition) is 3. The molecule has 4 atom stereocenters. The van der Waals surface area contributed by atoms with Crippen molar-refractivity contribution in [1.29, 1.82) is 0 Å². The number of benzene rings is 1. The van der Waals surface area contributed by atoms with E-state index < -0.39 is 18.1 Å². The van der Waals surface area contributed by atoms with Crippen molar-refractivity contribution in [2.75, 3.05) is 18.8 Å². The van der Waals surface area contributed by atoms with Gasteiger partial charge >= 0.3 is 0 Å². The van der Waals surface area contributed by atoms with Crippen molar-refractivity contribution < 1.29 is 19.2 Å². The van der Waals surface area contributed by atoms with Crippen molar-refractivity contribution in [2.45, 2.75) is 76.5 Å². The molecule has 2 saturated heterocycles. The molecule has 3 aliphatic rings. The van der Waals surface area contributed by atoms with Crippen molar-refractivity contribution in [3.63, 3.8) is 0 Å².